The second-order valence-electron chi connectivity index (χ2n) is 3.14. The lowest BCUT2D eigenvalue weighted by molar-refractivity contribution is 0.981. The van der Waals surface area contributed by atoms with E-state index in [1.807, 2.05) is 0 Å². The summed E-state index contributed by atoms with van der Waals surface area (Å²) in [7, 11) is 0. The quantitative estimate of drug-likeness (QED) is 0.551. The molecule has 1 rings (SSSR count). The number of hydrogen-bond donors (Lipinski definition) is 0. The van der Waals surface area contributed by atoms with E-state index in [1.165, 1.54) is 0 Å². The van der Waals surface area contributed by atoms with Crippen LogP contribution in [0.3, 0.4) is 0 Å². The van der Waals surface area contributed by atoms with Crippen LogP contribution < -0.4 is 0 Å². The average Bonchev–Trinajstić information content (AvgIpc) is 2.28. The zero-order valence-electron chi connectivity index (χ0n) is 8.47. The van der Waals surface area contributed by atoms with Gasteiger partial charge in [-0.15, -0.1) is 0 Å². The lowest BCUT2D eigenvalue weighted by Crippen LogP contribution is -1.88. The fourth-order valence-corrected chi connectivity index (χ4v) is 2.97. The normalized spacial score (nSPS) is 10.1. The van der Waals surface area contributed by atoms with Gasteiger partial charge in [-0.1, -0.05) is 34.8 Å². The predicted molar refractivity (Wildman–Crippen MR) is 72.5 cm³/mol. The van der Waals surface area contributed by atoms with E-state index in [0.717, 1.165) is 23.5 Å². The number of benzene rings is 1. The largest absolute Gasteiger partial charge is 0.198 e. The number of nitriles is 1. The Kier molecular flexibility index (Phi) is 6.38. The highest BCUT2D eigenvalue weighted by Gasteiger charge is 2.09. The zero-order valence-corrected chi connectivity index (χ0v) is 11.6. The highest BCUT2D eigenvalue weighted by atomic mass is 35.5. The molecule has 16 heavy (non-hydrogen) atoms. The van der Waals surface area contributed by atoms with Crippen LogP contribution in [0.5, 0.6) is 0 Å². The molecule has 0 radical (unpaired) electrons. The van der Waals surface area contributed by atoms with Gasteiger partial charge in [0.25, 0.3) is 0 Å². The molecular weight excluding hydrogens is 285 g/mol. The molecule has 0 aliphatic carbocycles. The molecule has 0 bridgehead atoms. The highest BCUT2D eigenvalue weighted by molar-refractivity contribution is 7.98. The van der Waals surface area contributed by atoms with E-state index >= 15 is 0 Å². The lowest BCUT2D eigenvalue weighted by Gasteiger charge is -2.07. The number of halogens is 3. The van der Waals surface area contributed by atoms with Gasteiger partial charge in [-0.3, -0.25) is 0 Å². The number of hydrogen-bond acceptors (Lipinski definition) is 2. The van der Waals surface area contributed by atoms with Crippen molar-refractivity contribution in [3.05, 3.63) is 32.8 Å². The standard InChI is InChI=1S/C11H10Cl3NS/c12-9-3-4-10(13)11(14)8(9)7-16-6-2-1-5-15/h3-4H,1-2,6-7H2. The number of unbranched alkanes of at least 4 members (excludes halogenated alkanes) is 1. The number of thioether (sulfide) groups is 1. The van der Waals surface area contributed by atoms with Crippen molar-refractivity contribution >= 4 is 46.6 Å². The number of rotatable bonds is 5. The van der Waals surface area contributed by atoms with Crippen molar-refractivity contribution in [1.82, 2.24) is 0 Å². The summed E-state index contributed by atoms with van der Waals surface area (Å²) >= 11 is 19.7. The molecule has 1 nitrogen and oxygen atoms in total. The van der Waals surface area contributed by atoms with Crippen LogP contribution in [0.25, 0.3) is 0 Å². The second-order valence-corrected chi connectivity index (χ2v) is 5.43. The van der Waals surface area contributed by atoms with Gasteiger partial charge in [-0.25, -0.2) is 0 Å². The van der Waals surface area contributed by atoms with Crippen molar-refractivity contribution in [3.63, 3.8) is 0 Å². The fourth-order valence-electron chi connectivity index (χ4n) is 1.13. The van der Waals surface area contributed by atoms with Gasteiger partial charge in [0.1, 0.15) is 0 Å². The maximum Gasteiger partial charge on any atom is 0.0647 e. The molecule has 0 heterocycles. The molecule has 86 valence electrons. The summed E-state index contributed by atoms with van der Waals surface area (Å²) in [5.41, 5.74) is 0.873. The highest BCUT2D eigenvalue weighted by Crippen LogP contribution is 2.33. The summed E-state index contributed by atoms with van der Waals surface area (Å²) in [6, 6.07) is 5.55. The van der Waals surface area contributed by atoms with Crippen LogP contribution in [0.2, 0.25) is 15.1 Å². The van der Waals surface area contributed by atoms with Crippen LogP contribution in [-0.4, -0.2) is 5.75 Å². The van der Waals surface area contributed by atoms with Gasteiger partial charge in [0.05, 0.1) is 16.1 Å². The summed E-state index contributed by atoms with van der Waals surface area (Å²) in [6.45, 7) is 0. The molecule has 5 heteroatoms. The summed E-state index contributed by atoms with van der Waals surface area (Å²) in [6.07, 6.45) is 1.47. The third kappa shape index (κ3) is 4.07. The summed E-state index contributed by atoms with van der Waals surface area (Å²) in [4.78, 5) is 0. The maximum atomic E-state index is 8.39. The zero-order chi connectivity index (χ0) is 12.0. The van der Waals surface area contributed by atoms with Crippen LogP contribution in [0.15, 0.2) is 12.1 Å². The lowest BCUT2D eigenvalue weighted by atomic mass is 10.2. The molecule has 0 saturated heterocycles. The van der Waals surface area contributed by atoms with E-state index in [-0.39, 0.29) is 0 Å². The van der Waals surface area contributed by atoms with Gasteiger partial charge >= 0.3 is 0 Å². The Morgan fingerprint density at radius 1 is 1.19 bits per heavy atom. The summed E-state index contributed by atoms with van der Waals surface area (Å²) in [5, 5.41) is 10.1. The first-order chi connectivity index (χ1) is 7.66. The minimum atomic E-state index is 0.527. The smallest absolute Gasteiger partial charge is 0.0647 e. The van der Waals surface area contributed by atoms with Crippen molar-refractivity contribution in [2.24, 2.45) is 0 Å². The Hall–Kier alpha value is -0.0700. The monoisotopic (exact) mass is 293 g/mol. The minimum Gasteiger partial charge on any atom is -0.198 e. The van der Waals surface area contributed by atoms with Crippen molar-refractivity contribution in [3.8, 4) is 6.07 Å². The topological polar surface area (TPSA) is 23.8 Å². The van der Waals surface area contributed by atoms with Crippen LogP contribution in [-0.2, 0) is 5.75 Å². The van der Waals surface area contributed by atoms with Crippen LogP contribution in [0.4, 0.5) is 0 Å². The average molecular weight is 295 g/mol. The Labute approximate surface area is 115 Å². The SMILES string of the molecule is N#CCCCSCc1c(Cl)ccc(Cl)c1Cl. The van der Waals surface area contributed by atoms with Crippen LogP contribution >= 0.6 is 46.6 Å². The second kappa shape index (κ2) is 7.29. The molecule has 0 fully saturated rings. The first kappa shape index (κ1) is 14.0. The Morgan fingerprint density at radius 2 is 1.88 bits per heavy atom. The summed E-state index contributed by atoms with van der Waals surface area (Å²) in [5.74, 6) is 1.65. The molecule has 0 N–H and O–H groups in total. The molecule has 0 saturated carbocycles. The van der Waals surface area contributed by atoms with Gasteiger partial charge in [-0.05, 0) is 24.3 Å². The van der Waals surface area contributed by atoms with Crippen molar-refractivity contribution in [1.29, 1.82) is 5.26 Å². The first-order valence-electron chi connectivity index (χ1n) is 4.74. The fraction of sp³-hybridized carbons (Fsp3) is 0.364. The van der Waals surface area contributed by atoms with E-state index in [4.69, 9.17) is 40.1 Å². The van der Waals surface area contributed by atoms with E-state index < -0.39 is 0 Å². The van der Waals surface area contributed by atoms with Gasteiger partial charge in [0.2, 0.25) is 0 Å². The molecule has 1 aromatic carbocycles. The molecular formula is C11H10Cl3NS. The van der Waals surface area contributed by atoms with Crippen molar-refractivity contribution in [2.45, 2.75) is 18.6 Å². The molecule has 0 aliphatic heterocycles. The molecule has 0 spiro atoms. The van der Waals surface area contributed by atoms with E-state index in [9.17, 15) is 0 Å². The predicted octanol–water partition coefficient (Wildman–Crippen LogP) is 5.18. The van der Waals surface area contributed by atoms with Gasteiger partial charge < -0.3 is 0 Å². The summed E-state index contributed by atoms with van der Waals surface area (Å²) < 4.78 is 0. The maximum absolute atomic E-state index is 8.39. The molecule has 1 aromatic rings. The van der Waals surface area contributed by atoms with E-state index in [0.29, 0.717) is 21.5 Å². The molecule has 0 aromatic heterocycles. The van der Waals surface area contributed by atoms with Gasteiger partial charge in [0.15, 0.2) is 0 Å². The minimum absolute atomic E-state index is 0.527. The van der Waals surface area contributed by atoms with Crippen LogP contribution in [0.1, 0.15) is 18.4 Å². The van der Waals surface area contributed by atoms with E-state index in [1.54, 1.807) is 23.9 Å². The van der Waals surface area contributed by atoms with Crippen molar-refractivity contribution in [2.75, 3.05) is 5.75 Å². The Morgan fingerprint density at radius 3 is 2.56 bits per heavy atom. The molecule has 0 aliphatic rings. The third-order valence-electron chi connectivity index (χ3n) is 1.96. The number of nitrogens with zero attached hydrogens (tertiary/aromatic N) is 1. The van der Waals surface area contributed by atoms with Gasteiger partial charge in [0, 0.05) is 22.8 Å². The first-order valence-corrected chi connectivity index (χ1v) is 7.02. The van der Waals surface area contributed by atoms with Gasteiger partial charge in [-0.2, -0.15) is 17.0 Å². The van der Waals surface area contributed by atoms with Crippen LogP contribution in [0, 0.1) is 11.3 Å². The molecule has 0 amide bonds. The Bertz CT molecular complexity index is 401. The van der Waals surface area contributed by atoms with E-state index in [2.05, 4.69) is 6.07 Å². The molecule has 0 atom stereocenters. The Balaban J connectivity index is 2.54. The third-order valence-corrected chi connectivity index (χ3v) is 4.23. The molecule has 0 unspecified atom stereocenters. The van der Waals surface area contributed by atoms with Crippen molar-refractivity contribution < 1.29 is 0 Å².